The lowest BCUT2D eigenvalue weighted by molar-refractivity contribution is 0.0366. The number of carbonyl (C=O) groups is 2. The van der Waals surface area contributed by atoms with Crippen molar-refractivity contribution in [1.29, 1.82) is 0 Å². The van der Waals surface area contributed by atoms with Crippen LogP contribution < -0.4 is 5.32 Å². The minimum atomic E-state index is -0.883. The van der Waals surface area contributed by atoms with Gasteiger partial charge in [0.1, 0.15) is 19.8 Å². The summed E-state index contributed by atoms with van der Waals surface area (Å²) in [7, 11) is 0. The van der Waals surface area contributed by atoms with E-state index in [9.17, 15) is 14.7 Å². The monoisotopic (exact) mass is 359 g/mol. The van der Waals surface area contributed by atoms with Crippen LogP contribution >= 0.6 is 0 Å². The second-order valence-corrected chi connectivity index (χ2v) is 5.42. The Kier molecular flexibility index (Phi) is 7.95. The number of ether oxygens (including phenoxy) is 3. The summed E-state index contributed by atoms with van der Waals surface area (Å²) in [6.45, 7) is -0.461. The van der Waals surface area contributed by atoms with E-state index in [0.717, 1.165) is 11.1 Å². The van der Waals surface area contributed by atoms with Gasteiger partial charge in [0.25, 0.3) is 0 Å². The largest absolute Gasteiger partial charge is 0.508 e. The van der Waals surface area contributed by atoms with Crippen LogP contribution in [0.25, 0.3) is 0 Å². The molecule has 1 atom stereocenters. The summed E-state index contributed by atoms with van der Waals surface area (Å²) in [5.74, 6) is 0. The molecule has 2 N–H and O–H groups in total. The third-order valence-electron chi connectivity index (χ3n) is 3.36. The van der Waals surface area contributed by atoms with Gasteiger partial charge < -0.3 is 24.6 Å². The first-order valence-electron chi connectivity index (χ1n) is 8.09. The highest BCUT2D eigenvalue weighted by molar-refractivity contribution is 5.67. The zero-order valence-electron chi connectivity index (χ0n) is 14.2. The van der Waals surface area contributed by atoms with Crippen LogP contribution in [0, 0.1) is 0 Å². The summed E-state index contributed by atoms with van der Waals surface area (Å²) in [6, 6.07) is 17.5. The molecule has 26 heavy (non-hydrogen) atoms. The van der Waals surface area contributed by atoms with Crippen molar-refractivity contribution in [1.82, 2.24) is 5.32 Å². The van der Waals surface area contributed by atoms with E-state index in [0.29, 0.717) is 0 Å². The van der Waals surface area contributed by atoms with Crippen molar-refractivity contribution in [3.05, 3.63) is 71.8 Å². The third-order valence-corrected chi connectivity index (χ3v) is 3.36. The SMILES string of the molecule is O=C(N[C@H](CO)COC(=O)OCc1ccccc1)OCc1ccccc1. The fourth-order valence-corrected chi connectivity index (χ4v) is 2.00. The molecule has 0 heterocycles. The average Bonchev–Trinajstić information content (AvgIpc) is 2.69. The van der Waals surface area contributed by atoms with Crippen LogP contribution in [0.1, 0.15) is 11.1 Å². The molecule has 138 valence electrons. The number of amides is 1. The van der Waals surface area contributed by atoms with Gasteiger partial charge in [0, 0.05) is 0 Å². The van der Waals surface area contributed by atoms with E-state index in [4.69, 9.17) is 14.2 Å². The van der Waals surface area contributed by atoms with E-state index in [1.807, 2.05) is 60.7 Å². The Morgan fingerprint density at radius 2 is 1.38 bits per heavy atom. The van der Waals surface area contributed by atoms with Crippen LogP contribution in [-0.2, 0) is 27.4 Å². The standard InChI is InChI=1S/C19H21NO6/c21-11-17(20-18(22)24-12-15-7-3-1-4-8-15)14-26-19(23)25-13-16-9-5-2-6-10-16/h1-10,17,21H,11-14H2,(H,20,22)/t17-/m1/s1. The summed E-state index contributed by atoms with van der Waals surface area (Å²) in [6.07, 6.45) is -1.60. The van der Waals surface area contributed by atoms with Crippen LogP contribution in [0.2, 0.25) is 0 Å². The molecule has 0 radical (unpaired) electrons. The molecule has 7 heteroatoms. The van der Waals surface area contributed by atoms with Crippen molar-refractivity contribution >= 4 is 12.2 Å². The van der Waals surface area contributed by atoms with Crippen molar-refractivity contribution in [3.8, 4) is 0 Å². The van der Waals surface area contributed by atoms with Gasteiger partial charge in [0.05, 0.1) is 12.6 Å². The van der Waals surface area contributed by atoms with Gasteiger partial charge in [-0.1, -0.05) is 60.7 Å². The van der Waals surface area contributed by atoms with Crippen LogP contribution in [0.4, 0.5) is 9.59 Å². The van der Waals surface area contributed by atoms with E-state index in [-0.39, 0.29) is 19.8 Å². The van der Waals surface area contributed by atoms with Gasteiger partial charge in [0.15, 0.2) is 0 Å². The molecule has 0 aliphatic heterocycles. The predicted molar refractivity (Wildman–Crippen MR) is 93.2 cm³/mol. The number of benzene rings is 2. The van der Waals surface area contributed by atoms with Gasteiger partial charge in [-0.25, -0.2) is 9.59 Å². The van der Waals surface area contributed by atoms with Crippen LogP contribution in [0.3, 0.4) is 0 Å². The van der Waals surface area contributed by atoms with Crippen molar-refractivity contribution in [2.45, 2.75) is 19.3 Å². The number of rotatable bonds is 8. The van der Waals surface area contributed by atoms with Crippen molar-refractivity contribution in [2.75, 3.05) is 13.2 Å². The number of alkyl carbamates (subject to hydrolysis) is 1. The topological polar surface area (TPSA) is 94.1 Å². The molecular weight excluding hydrogens is 338 g/mol. The summed E-state index contributed by atoms with van der Waals surface area (Å²) in [5, 5.41) is 11.7. The quantitative estimate of drug-likeness (QED) is 0.704. The lowest BCUT2D eigenvalue weighted by Gasteiger charge is -2.16. The van der Waals surface area contributed by atoms with Gasteiger partial charge in [-0.15, -0.1) is 0 Å². The molecule has 2 rings (SSSR count). The molecule has 0 saturated heterocycles. The highest BCUT2D eigenvalue weighted by Crippen LogP contribution is 2.03. The van der Waals surface area contributed by atoms with Gasteiger partial charge in [-0.3, -0.25) is 0 Å². The Hall–Kier alpha value is -3.06. The van der Waals surface area contributed by atoms with Gasteiger partial charge in [-0.05, 0) is 11.1 Å². The van der Waals surface area contributed by atoms with Crippen LogP contribution in [-0.4, -0.2) is 36.6 Å². The summed E-state index contributed by atoms with van der Waals surface area (Å²) in [5.41, 5.74) is 1.66. The number of aliphatic hydroxyl groups is 1. The maximum Gasteiger partial charge on any atom is 0.508 e. The van der Waals surface area contributed by atoms with Crippen molar-refractivity contribution < 1.29 is 28.9 Å². The minimum Gasteiger partial charge on any atom is -0.445 e. The van der Waals surface area contributed by atoms with E-state index < -0.39 is 24.9 Å². The Labute approximate surface area is 151 Å². The van der Waals surface area contributed by atoms with Gasteiger partial charge in [-0.2, -0.15) is 0 Å². The highest BCUT2D eigenvalue weighted by atomic mass is 16.7. The van der Waals surface area contributed by atoms with E-state index in [2.05, 4.69) is 5.32 Å². The van der Waals surface area contributed by atoms with Crippen molar-refractivity contribution in [3.63, 3.8) is 0 Å². The average molecular weight is 359 g/mol. The molecule has 0 aromatic heterocycles. The molecule has 0 aliphatic carbocycles. The second kappa shape index (κ2) is 10.7. The first-order chi connectivity index (χ1) is 12.7. The maximum atomic E-state index is 11.7. The van der Waals surface area contributed by atoms with Crippen LogP contribution in [0.5, 0.6) is 0 Å². The number of hydrogen-bond donors (Lipinski definition) is 2. The first kappa shape index (κ1) is 19.3. The molecule has 1 amide bonds. The fourth-order valence-electron chi connectivity index (χ4n) is 2.00. The number of aliphatic hydroxyl groups excluding tert-OH is 1. The molecule has 0 saturated carbocycles. The molecular formula is C19H21NO6. The van der Waals surface area contributed by atoms with E-state index >= 15 is 0 Å². The molecule has 0 bridgehead atoms. The Bertz CT molecular complexity index is 677. The van der Waals surface area contributed by atoms with Gasteiger partial charge in [0.2, 0.25) is 0 Å². The highest BCUT2D eigenvalue weighted by Gasteiger charge is 2.15. The summed E-state index contributed by atoms with van der Waals surface area (Å²) < 4.78 is 14.9. The van der Waals surface area contributed by atoms with Crippen LogP contribution in [0.15, 0.2) is 60.7 Å². The summed E-state index contributed by atoms with van der Waals surface area (Å²) in [4.78, 5) is 23.3. The normalized spacial score (nSPS) is 11.3. The Balaban J connectivity index is 1.66. The molecule has 0 fully saturated rings. The third kappa shape index (κ3) is 7.23. The molecule has 2 aromatic carbocycles. The molecule has 0 spiro atoms. The Morgan fingerprint density at radius 1 is 0.846 bits per heavy atom. The maximum absolute atomic E-state index is 11.7. The molecule has 0 unspecified atom stereocenters. The lowest BCUT2D eigenvalue weighted by Crippen LogP contribution is -2.41. The molecule has 2 aromatic rings. The minimum absolute atomic E-state index is 0.0794. The van der Waals surface area contributed by atoms with Crippen molar-refractivity contribution in [2.24, 2.45) is 0 Å². The zero-order chi connectivity index (χ0) is 18.6. The summed E-state index contributed by atoms with van der Waals surface area (Å²) >= 11 is 0. The van der Waals surface area contributed by atoms with Gasteiger partial charge >= 0.3 is 12.2 Å². The lowest BCUT2D eigenvalue weighted by atomic mass is 10.2. The predicted octanol–water partition coefficient (Wildman–Crippen LogP) is 2.63. The number of carbonyl (C=O) groups excluding carboxylic acids is 2. The van der Waals surface area contributed by atoms with E-state index in [1.54, 1.807) is 0 Å². The van der Waals surface area contributed by atoms with E-state index in [1.165, 1.54) is 0 Å². The smallest absolute Gasteiger partial charge is 0.445 e. The zero-order valence-corrected chi connectivity index (χ0v) is 14.2. The Morgan fingerprint density at radius 3 is 1.92 bits per heavy atom. The number of nitrogens with one attached hydrogen (secondary N) is 1. The first-order valence-corrected chi connectivity index (χ1v) is 8.09. The second-order valence-electron chi connectivity index (χ2n) is 5.42. The molecule has 7 nitrogen and oxygen atoms in total. The number of hydrogen-bond acceptors (Lipinski definition) is 6. The fraction of sp³-hybridized carbons (Fsp3) is 0.263. The molecule has 0 aliphatic rings.